The zero-order chi connectivity index (χ0) is 12.3. The molecule has 2 aromatic carbocycles. The number of fused-ring (bicyclic) bond motifs is 1. The maximum absolute atomic E-state index is 2.40. The molecule has 0 amide bonds. The summed E-state index contributed by atoms with van der Waals surface area (Å²) in [5.74, 6) is 0. The van der Waals surface area contributed by atoms with Gasteiger partial charge in [0.05, 0.1) is 0 Å². The van der Waals surface area contributed by atoms with Crippen LogP contribution in [0.2, 0.25) is 15.8 Å². The zero-order valence-electron chi connectivity index (χ0n) is 11.2. The Bertz CT molecular complexity index is 484. The van der Waals surface area contributed by atoms with Crippen LogP contribution < -0.4 is 4.40 Å². The molecule has 0 saturated carbocycles. The third kappa shape index (κ3) is 2.15. The Hall–Kier alpha value is -0.757. The minimum absolute atomic E-state index is 1.40. The van der Waals surface area contributed by atoms with Crippen molar-refractivity contribution < 1.29 is 0 Å². The van der Waals surface area contributed by atoms with E-state index >= 15 is 0 Å². The van der Waals surface area contributed by atoms with Gasteiger partial charge in [0.25, 0.3) is 0 Å². The van der Waals surface area contributed by atoms with E-state index in [0.29, 0.717) is 0 Å². The molecule has 1 heteroatoms. The van der Waals surface area contributed by atoms with Gasteiger partial charge in [0.15, 0.2) is 0 Å². The molecule has 0 saturated heterocycles. The number of hydrogen-bond acceptors (Lipinski definition) is 0. The second-order valence-corrected chi connectivity index (χ2v) is 15.8. The van der Waals surface area contributed by atoms with E-state index in [0.717, 1.165) is 0 Å². The molecule has 0 nitrogen and oxygen atoms in total. The average molecular weight is 287 g/mol. The standard InChI is InChI=1S/C16H22Ge/c1-4-17(5-2,6-3)16-13-9-11-14-10-7-8-12-15(14)16/h7-13H,4-6H2,1-3H3. The summed E-state index contributed by atoms with van der Waals surface area (Å²) in [7, 11) is 0. The van der Waals surface area contributed by atoms with Crippen LogP contribution in [-0.4, -0.2) is 13.3 Å². The van der Waals surface area contributed by atoms with E-state index in [-0.39, 0.29) is 0 Å². The molecule has 2 aromatic rings. The van der Waals surface area contributed by atoms with Gasteiger partial charge in [-0.1, -0.05) is 0 Å². The Morgan fingerprint density at radius 1 is 0.765 bits per heavy atom. The van der Waals surface area contributed by atoms with Crippen LogP contribution in [0.1, 0.15) is 20.8 Å². The molecule has 2 rings (SSSR count). The fourth-order valence-electron chi connectivity index (χ4n) is 3.01. The number of benzene rings is 2. The molecule has 90 valence electrons. The molecule has 17 heavy (non-hydrogen) atoms. The molecular weight excluding hydrogens is 265 g/mol. The predicted octanol–water partition coefficient (Wildman–Crippen LogP) is 4.56. The van der Waals surface area contributed by atoms with Gasteiger partial charge in [-0.25, -0.2) is 0 Å². The first kappa shape index (κ1) is 12.7. The third-order valence-electron chi connectivity index (χ3n) is 4.39. The van der Waals surface area contributed by atoms with Crippen LogP contribution in [-0.2, 0) is 0 Å². The van der Waals surface area contributed by atoms with Gasteiger partial charge >= 0.3 is 107 Å². The van der Waals surface area contributed by atoms with Gasteiger partial charge in [0, 0.05) is 0 Å². The first-order valence-electron chi connectivity index (χ1n) is 6.75. The molecule has 0 aliphatic heterocycles. The van der Waals surface area contributed by atoms with E-state index in [4.69, 9.17) is 0 Å². The molecule has 0 aliphatic rings. The van der Waals surface area contributed by atoms with Crippen molar-refractivity contribution in [3.8, 4) is 0 Å². The van der Waals surface area contributed by atoms with Crippen molar-refractivity contribution in [3.63, 3.8) is 0 Å². The summed E-state index contributed by atoms with van der Waals surface area (Å²) in [5.41, 5.74) is 0. The Morgan fingerprint density at radius 2 is 1.35 bits per heavy atom. The Morgan fingerprint density at radius 3 is 2.00 bits per heavy atom. The van der Waals surface area contributed by atoms with Crippen LogP contribution in [0.5, 0.6) is 0 Å². The van der Waals surface area contributed by atoms with Crippen LogP contribution >= 0.6 is 0 Å². The van der Waals surface area contributed by atoms with E-state index < -0.39 is 13.3 Å². The van der Waals surface area contributed by atoms with Crippen LogP contribution in [0.3, 0.4) is 0 Å². The normalized spacial score (nSPS) is 11.9. The van der Waals surface area contributed by atoms with Crippen molar-refractivity contribution in [2.75, 3.05) is 0 Å². The molecule has 0 aliphatic carbocycles. The summed E-state index contributed by atoms with van der Waals surface area (Å²) in [5, 5.41) is 7.14. The summed E-state index contributed by atoms with van der Waals surface area (Å²) in [6.45, 7) is 7.19. The van der Waals surface area contributed by atoms with E-state index in [9.17, 15) is 0 Å². The molecule has 0 unspecified atom stereocenters. The zero-order valence-corrected chi connectivity index (χ0v) is 13.3. The van der Waals surface area contributed by atoms with Gasteiger partial charge in [0.2, 0.25) is 0 Å². The summed E-state index contributed by atoms with van der Waals surface area (Å²) in [4.78, 5) is 0. The summed E-state index contributed by atoms with van der Waals surface area (Å²) < 4.78 is 1.72. The van der Waals surface area contributed by atoms with Crippen molar-refractivity contribution in [2.45, 2.75) is 36.5 Å². The van der Waals surface area contributed by atoms with Gasteiger partial charge < -0.3 is 0 Å². The molecular formula is C16H22Ge. The molecule has 0 radical (unpaired) electrons. The van der Waals surface area contributed by atoms with Crippen molar-refractivity contribution in [2.24, 2.45) is 0 Å². The van der Waals surface area contributed by atoms with Gasteiger partial charge in [0.1, 0.15) is 0 Å². The van der Waals surface area contributed by atoms with Gasteiger partial charge in [-0.15, -0.1) is 0 Å². The maximum atomic E-state index is 2.40. The van der Waals surface area contributed by atoms with E-state index in [2.05, 4.69) is 63.2 Å². The molecule has 0 aromatic heterocycles. The summed E-state index contributed by atoms with van der Waals surface area (Å²) in [6, 6.07) is 15.8. The van der Waals surface area contributed by atoms with Crippen LogP contribution in [0.25, 0.3) is 10.8 Å². The van der Waals surface area contributed by atoms with Crippen molar-refractivity contribution in [1.82, 2.24) is 0 Å². The van der Waals surface area contributed by atoms with Crippen molar-refractivity contribution >= 4 is 28.4 Å². The average Bonchev–Trinajstić information content (AvgIpc) is 2.41. The molecule has 0 atom stereocenters. The van der Waals surface area contributed by atoms with E-state index in [1.165, 1.54) is 26.5 Å². The fourth-order valence-corrected chi connectivity index (χ4v) is 11.2. The summed E-state index contributed by atoms with van der Waals surface area (Å²) >= 11 is -1.82. The van der Waals surface area contributed by atoms with E-state index in [1.807, 2.05) is 0 Å². The molecule has 0 spiro atoms. The topological polar surface area (TPSA) is 0 Å². The first-order valence-corrected chi connectivity index (χ1v) is 12.3. The van der Waals surface area contributed by atoms with Gasteiger partial charge in [-0.05, 0) is 0 Å². The predicted molar refractivity (Wildman–Crippen MR) is 80.8 cm³/mol. The van der Waals surface area contributed by atoms with Crippen LogP contribution in [0.4, 0.5) is 0 Å². The van der Waals surface area contributed by atoms with Gasteiger partial charge in [-0.3, -0.25) is 0 Å². The SMILES string of the molecule is C[CH2][Ge]([CH2]C)([CH2]C)[c]1cccc2ccccc12. The van der Waals surface area contributed by atoms with E-state index in [1.54, 1.807) is 4.40 Å². The quantitative estimate of drug-likeness (QED) is 0.723. The van der Waals surface area contributed by atoms with Crippen LogP contribution in [0.15, 0.2) is 42.5 Å². The number of hydrogen-bond donors (Lipinski definition) is 0. The fraction of sp³-hybridized carbons (Fsp3) is 0.375. The van der Waals surface area contributed by atoms with Crippen molar-refractivity contribution in [3.05, 3.63) is 42.5 Å². The monoisotopic (exact) mass is 288 g/mol. The minimum atomic E-state index is -1.82. The first-order chi connectivity index (χ1) is 8.27. The summed E-state index contributed by atoms with van der Waals surface area (Å²) in [6.07, 6.45) is 0. The van der Waals surface area contributed by atoms with Crippen LogP contribution in [0, 0.1) is 0 Å². The molecule has 0 fully saturated rings. The molecule has 0 heterocycles. The second kappa shape index (κ2) is 5.26. The Labute approximate surface area is 107 Å². The Balaban J connectivity index is 2.69. The Kier molecular flexibility index (Phi) is 3.93. The second-order valence-electron chi connectivity index (χ2n) is 4.87. The third-order valence-corrected chi connectivity index (χ3v) is 16.2. The van der Waals surface area contributed by atoms with Crippen molar-refractivity contribution in [1.29, 1.82) is 0 Å². The molecule has 0 N–H and O–H groups in total. The van der Waals surface area contributed by atoms with Gasteiger partial charge in [-0.2, -0.15) is 0 Å². The number of rotatable bonds is 4. The molecule has 0 bridgehead atoms.